The Morgan fingerprint density at radius 2 is 1.89 bits per heavy atom. The van der Waals surface area contributed by atoms with E-state index >= 15 is 0 Å². The van der Waals surface area contributed by atoms with Gasteiger partial charge in [0.05, 0.1) is 22.9 Å². The number of nitrogens with zero attached hydrogens (tertiary/aromatic N) is 2. The minimum absolute atomic E-state index is 0.320. The number of rotatable bonds is 5. The van der Waals surface area contributed by atoms with E-state index in [0.29, 0.717) is 34.5 Å². The molecule has 4 rings (SSSR count). The Morgan fingerprint density at radius 3 is 2.61 bits per heavy atom. The zero-order valence-corrected chi connectivity index (χ0v) is 15.9. The Kier molecular flexibility index (Phi) is 4.95. The van der Waals surface area contributed by atoms with Crippen molar-refractivity contribution >= 4 is 22.5 Å². The third-order valence-corrected chi connectivity index (χ3v) is 5.61. The fourth-order valence-corrected chi connectivity index (χ4v) is 4.26. The fraction of sp³-hybridized carbons (Fsp3) is 0.200. The molecule has 0 saturated heterocycles. The smallest absolute Gasteiger partial charge is 0.266 e. The molecule has 3 aromatic rings. The molecule has 0 unspecified atom stereocenters. The van der Waals surface area contributed by atoms with E-state index in [0.717, 1.165) is 5.56 Å². The number of para-hydroxylation sites is 1. The predicted octanol–water partition coefficient (Wildman–Crippen LogP) is 3.18. The third-order valence-electron chi connectivity index (χ3n) is 4.41. The average Bonchev–Trinajstić information content (AvgIpc) is 3.20. The van der Waals surface area contributed by atoms with Crippen molar-refractivity contribution in [3.8, 4) is 11.4 Å². The summed E-state index contributed by atoms with van der Waals surface area (Å²) < 4.78 is 32.4. The first-order valence-electron chi connectivity index (χ1n) is 8.75. The van der Waals surface area contributed by atoms with Gasteiger partial charge in [0.1, 0.15) is 17.4 Å². The highest BCUT2D eigenvalue weighted by Gasteiger charge is 2.29. The lowest BCUT2D eigenvalue weighted by Gasteiger charge is -2.16. The molecule has 6 nitrogen and oxygen atoms in total. The number of hydrogen-bond donors (Lipinski definition) is 1. The molecule has 1 aliphatic rings. The van der Waals surface area contributed by atoms with Gasteiger partial charge < -0.3 is 10.1 Å². The highest BCUT2D eigenvalue weighted by molar-refractivity contribution is 7.83. The predicted molar refractivity (Wildman–Crippen MR) is 104 cm³/mol. The van der Waals surface area contributed by atoms with Gasteiger partial charge in [0.2, 0.25) is 0 Å². The molecule has 8 heteroatoms. The molecule has 28 heavy (non-hydrogen) atoms. The Morgan fingerprint density at radius 1 is 1.18 bits per heavy atom. The monoisotopic (exact) mass is 399 g/mol. The molecule has 144 valence electrons. The largest absolute Gasteiger partial charge is 0.481 e. The zero-order valence-electron chi connectivity index (χ0n) is 15.1. The van der Waals surface area contributed by atoms with Crippen molar-refractivity contribution in [3.63, 3.8) is 0 Å². The van der Waals surface area contributed by atoms with Crippen LogP contribution in [0.1, 0.15) is 18.2 Å². The van der Waals surface area contributed by atoms with E-state index in [-0.39, 0.29) is 11.7 Å². The zero-order chi connectivity index (χ0) is 19.7. The van der Waals surface area contributed by atoms with Crippen molar-refractivity contribution in [2.45, 2.75) is 24.5 Å². The van der Waals surface area contributed by atoms with E-state index in [9.17, 15) is 13.4 Å². The van der Waals surface area contributed by atoms with E-state index in [2.05, 4.69) is 10.4 Å². The molecule has 2 heterocycles. The normalized spacial score (nSPS) is 16.4. The van der Waals surface area contributed by atoms with Crippen LogP contribution in [-0.2, 0) is 27.1 Å². The van der Waals surface area contributed by atoms with Crippen LogP contribution in [0.4, 0.5) is 10.2 Å². The van der Waals surface area contributed by atoms with Crippen LogP contribution in [0.3, 0.4) is 0 Å². The van der Waals surface area contributed by atoms with Gasteiger partial charge in [-0.15, -0.1) is 0 Å². The van der Waals surface area contributed by atoms with Crippen LogP contribution in [0.5, 0.6) is 5.75 Å². The van der Waals surface area contributed by atoms with Gasteiger partial charge in [-0.05, 0) is 43.3 Å². The molecule has 1 aromatic heterocycles. The first-order chi connectivity index (χ1) is 13.5. The first kappa shape index (κ1) is 18.4. The van der Waals surface area contributed by atoms with Crippen molar-refractivity contribution in [3.05, 3.63) is 71.7 Å². The fourth-order valence-electron chi connectivity index (χ4n) is 3.00. The van der Waals surface area contributed by atoms with E-state index in [1.54, 1.807) is 35.9 Å². The molecule has 0 radical (unpaired) electrons. The number of anilines is 1. The number of carbonyl (C=O) groups excluding carboxylic acids is 1. The summed E-state index contributed by atoms with van der Waals surface area (Å²) in [6.07, 6.45) is -0.749. The molecule has 0 spiro atoms. The van der Waals surface area contributed by atoms with Crippen LogP contribution in [0.25, 0.3) is 5.69 Å². The van der Waals surface area contributed by atoms with Gasteiger partial charge in [-0.3, -0.25) is 9.00 Å². The molecule has 2 atom stereocenters. The second-order valence-corrected chi connectivity index (χ2v) is 7.91. The van der Waals surface area contributed by atoms with E-state index in [1.165, 1.54) is 12.1 Å². The number of carbonyl (C=O) groups is 1. The Bertz CT molecular complexity index is 1030. The molecule has 0 saturated carbocycles. The number of hydrogen-bond acceptors (Lipinski definition) is 4. The van der Waals surface area contributed by atoms with Crippen LogP contribution >= 0.6 is 0 Å². The lowest BCUT2D eigenvalue weighted by molar-refractivity contribution is -0.122. The summed E-state index contributed by atoms with van der Waals surface area (Å²) in [4.78, 5) is 12.7. The maximum Gasteiger partial charge on any atom is 0.266 e. The number of benzene rings is 2. The average molecular weight is 399 g/mol. The van der Waals surface area contributed by atoms with Crippen molar-refractivity contribution in [1.29, 1.82) is 0 Å². The topological polar surface area (TPSA) is 73.2 Å². The minimum Gasteiger partial charge on any atom is -0.481 e. The van der Waals surface area contributed by atoms with E-state index in [4.69, 9.17) is 4.74 Å². The number of ether oxygens (including phenoxy) is 1. The van der Waals surface area contributed by atoms with E-state index in [1.807, 2.05) is 18.2 Å². The van der Waals surface area contributed by atoms with Crippen LogP contribution < -0.4 is 10.1 Å². The Balaban J connectivity index is 1.62. The van der Waals surface area contributed by atoms with Gasteiger partial charge in [-0.2, -0.15) is 5.10 Å². The third kappa shape index (κ3) is 3.68. The van der Waals surface area contributed by atoms with Crippen LogP contribution in [0.2, 0.25) is 0 Å². The number of halogens is 1. The molecule has 1 aliphatic heterocycles. The summed E-state index contributed by atoms with van der Waals surface area (Å²) in [5.41, 5.74) is 2.02. The maximum atomic E-state index is 13.3. The molecule has 2 aromatic carbocycles. The number of amides is 1. The molecule has 0 bridgehead atoms. The summed E-state index contributed by atoms with van der Waals surface area (Å²) in [6, 6.07) is 14.9. The van der Waals surface area contributed by atoms with Gasteiger partial charge in [-0.1, -0.05) is 18.2 Å². The Labute approximate surface area is 163 Å². The molecule has 1 amide bonds. The second-order valence-electron chi connectivity index (χ2n) is 6.45. The van der Waals surface area contributed by atoms with Crippen molar-refractivity contribution in [2.24, 2.45) is 0 Å². The first-order valence-corrected chi connectivity index (χ1v) is 10.2. The quantitative estimate of drug-likeness (QED) is 0.715. The summed E-state index contributed by atoms with van der Waals surface area (Å²) in [6.45, 7) is 1.65. The van der Waals surface area contributed by atoms with Crippen molar-refractivity contribution < 1.29 is 18.1 Å². The lowest BCUT2D eigenvalue weighted by atomic mass is 10.2. The van der Waals surface area contributed by atoms with E-state index < -0.39 is 16.9 Å². The summed E-state index contributed by atoms with van der Waals surface area (Å²) in [7, 11) is -1.04. The van der Waals surface area contributed by atoms with Crippen LogP contribution in [-0.4, -0.2) is 26.0 Å². The van der Waals surface area contributed by atoms with Gasteiger partial charge in [-0.25, -0.2) is 9.07 Å². The van der Waals surface area contributed by atoms with Crippen LogP contribution in [0.15, 0.2) is 54.6 Å². The number of fused-ring (bicyclic) bond motifs is 1. The summed E-state index contributed by atoms with van der Waals surface area (Å²) in [5, 5.41) is 7.34. The standard InChI is InChI=1S/C20H18FN3O3S/c1-13(27-16-5-3-2-4-6-16)20(25)22-19-17-11-28(26)12-18(17)23-24(19)15-9-7-14(21)8-10-15/h2-10,13H,11-12H2,1H3,(H,22,25)/t13-,28+/m0/s1. The highest BCUT2D eigenvalue weighted by Crippen LogP contribution is 2.31. The lowest BCUT2D eigenvalue weighted by Crippen LogP contribution is -2.31. The summed E-state index contributed by atoms with van der Waals surface area (Å²) in [5.74, 6) is 0.972. The maximum absolute atomic E-state index is 13.3. The molecular weight excluding hydrogens is 381 g/mol. The van der Waals surface area contributed by atoms with Gasteiger partial charge >= 0.3 is 0 Å². The Hall–Kier alpha value is -3.00. The van der Waals surface area contributed by atoms with Gasteiger partial charge in [0.25, 0.3) is 5.91 Å². The van der Waals surface area contributed by atoms with Crippen molar-refractivity contribution in [1.82, 2.24) is 9.78 Å². The molecular formula is C20H18FN3O3S. The highest BCUT2D eigenvalue weighted by atomic mass is 32.2. The van der Waals surface area contributed by atoms with Gasteiger partial charge in [0, 0.05) is 16.4 Å². The molecule has 1 N–H and O–H groups in total. The minimum atomic E-state index is -1.04. The summed E-state index contributed by atoms with van der Waals surface area (Å²) >= 11 is 0. The molecule has 0 fully saturated rings. The van der Waals surface area contributed by atoms with Crippen LogP contribution in [0, 0.1) is 5.82 Å². The molecule has 0 aliphatic carbocycles. The van der Waals surface area contributed by atoms with Crippen molar-refractivity contribution in [2.75, 3.05) is 5.32 Å². The number of aromatic nitrogens is 2. The number of nitrogens with one attached hydrogen (secondary N) is 1. The van der Waals surface area contributed by atoms with Gasteiger partial charge in [0.15, 0.2) is 6.10 Å². The second kappa shape index (κ2) is 7.55. The SMILES string of the molecule is C[C@H](Oc1ccccc1)C(=O)Nc1c2c(nn1-c1ccc(F)cc1)C[S@](=O)C2.